The molecule has 0 spiro atoms. The van der Waals surface area contributed by atoms with Gasteiger partial charge in [0, 0.05) is 24.7 Å². The number of hydrogen-bond acceptors (Lipinski definition) is 3. The number of rotatable bonds is 4. The second-order valence-corrected chi connectivity index (χ2v) is 6.64. The topological polar surface area (TPSA) is 58.6 Å². The van der Waals surface area contributed by atoms with E-state index in [1.807, 2.05) is 48.2 Å². The van der Waals surface area contributed by atoms with Crippen LogP contribution in [0.2, 0.25) is 0 Å². The molecule has 1 aliphatic rings. The largest absolute Gasteiger partial charge is 0.497 e. The van der Waals surface area contributed by atoms with Crippen molar-refractivity contribution < 1.29 is 14.3 Å². The van der Waals surface area contributed by atoms with Crippen molar-refractivity contribution in [3.63, 3.8) is 0 Å². The quantitative estimate of drug-likeness (QED) is 0.907. The van der Waals surface area contributed by atoms with Crippen LogP contribution in [0, 0.1) is 6.92 Å². The van der Waals surface area contributed by atoms with Crippen LogP contribution in [0.25, 0.3) is 0 Å². The van der Waals surface area contributed by atoms with E-state index in [4.69, 9.17) is 4.74 Å². The maximum absolute atomic E-state index is 13.1. The highest BCUT2D eigenvalue weighted by molar-refractivity contribution is 5.97. The number of carbonyl (C=O) groups is 2. The summed E-state index contributed by atoms with van der Waals surface area (Å²) in [5, 5.41) is 2.79. The van der Waals surface area contributed by atoms with E-state index in [-0.39, 0.29) is 17.9 Å². The minimum Gasteiger partial charge on any atom is -0.497 e. The summed E-state index contributed by atoms with van der Waals surface area (Å²) in [6, 6.07) is 13.4. The van der Waals surface area contributed by atoms with Crippen molar-refractivity contribution in [1.82, 2.24) is 4.90 Å². The summed E-state index contributed by atoms with van der Waals surface area (Å²) in [4.78, 5) is 26.4. The Hall–Kier alpha value is -2.82. The molecule has 1 heterocycles. The SMILES string of the molecule is COc1ccc(C2CCCN2C(=O)c2ccc(C)c(NC(C)=O)c2)cc1. The Morgan fingerprint density at radius 1 is 1.15 bits per heavy atom. The van der Waals surface area contributed by atoms with Crippen molar-refractivity contribution in [2.45, 2.75) is 32.7 Å². The van der Waals surface area contributed by atoms with Gasteiger partial charge in [-0.15, -0.1) is 0 Å². The van der Waals surface area contributed by atoms with Crippen LogP contribution in [0.1, 0.15) is 47.3 Å². The predicted octanol–water partition coefficient (Wildman–Crippen LogP) is 3.94. The lowest BCUT2D eigenvalue weighted by atomic mass is 10.0. The third-order valence-electron chi connectivity index (χ3n) is 4.81. The molecule has 0 saturated carbocycles. The van der Waals surface area contributed by atoms with Crippen molar-refractivity contribution in [2.24, 2.45) is 0 Å². The van der Waals surface area contributed by atoms with Gasteiger partial charge >= 0.3 is 0 Å². The molecule has 1 unspecified atom stereocenters. The van der Waals surface area contributed by atoms with Crippen molar-refractivity contribution >= 4 is 17.5 Å². The first-order valence-electron chi connectivity index (χ1n) is 8.82. The van der Waals surface area contributed by atoms with Crippen molar-refractivity contribution in [1.29, 1.82) is 0 Å². The molecule has 3 rings (SSSR count). The van der Waals surface area contributed by atoms with Gasteiger partial charge in [-0.1, -0.05) is 18.2 Å². The summed E-state index contributed by atoms with van der Waals surface area (Å²) >= 11 is 0. The third kappa shape index (κ3) is 3.72. The Balaban J connectivity index is 1.85. The standard InChI is InChI=1S/C21H24N2O3/c1-14-6-7-17(13-19(14)22-15(2)24)21(25)23-12-4-5-20(23)16-8-10-18(26-3)11-9-16/h6-11,13,20H,4-5,12H2,1-3H3,(H,22,24). The first-order chi connectivity index (χ1) is 12.5. The fourth-order valence-corrected chi connectivity index (χ4v) is 3.43. The zero-order valence-corrected chi connectivity index (χ0v) is 15.4. The summed E-state index contributed by atoms with van der Waals surface area (Å²) < 4.78 is 5.22. The molecular weight excluding hydrogens is 328 g/mol. The fourth-order valence-electron chi connectivity index (χ4n) is 3.43. The smallest absolute Gasteiger partial charge is 0.254 e. The minimum absolute atomic E-state index is 0.00470. The van der Waals surface area contributed by atoms with Gasteiger partial charge in [-0.05, 0) is 55.2 Å². The van der Waals surface area contributed by atoms with E-state index < -0.39 is 0 Å². The van der Waals surface area contributed by atoms with E-state index in [2.05, 4.69) is 5.32 Å². The number of nitrogens with zero attached hydrogens (tertiary/aromatic N) is 1. The molecule has 1 saturated heterocycles. The molecular formula is C21H24N2O3. The van der Waals surface area contributed by atoms with Gasteiger partial charge < -0.3 is 15.0 Å². The average Bonchev–Trinajstić information content (AvgIpc) is 3.12. The van der Waals surface area contributed by atoms with Crippen molar-refractivity contribution in [2.75, 3.05) is 19.0 Å². The first-order valence-corrected chi connectivity index (χ1v) is 8.82. The average molecular weight is 352 g/mol. The molecule has 26 heavy (non-hydrogen) atoms. The highest BCUT2D eigenvalue weighted by Gasteiger charge is 2.30. The molecule has 2 amide bonds. The Bertz CT molecular complexity index is 815. The van der Waals surface area contributed by atoms with Crippen LogP contribution in [0.15, 0.2) is 42.5 Å². The van der Waals surface area contributed by atoms with E-state index in [0.717, 1.165) is 36.3 Å². The molecule has 136 valence electrons. The normalized spacial score (nSPS) is 16.4. The lowest BCUT2D eigenvalue weighted by Gasteiger charge is -2.25. The first kappa shape index (κ1) is 18.0. The molecule has 0 aliphatic carbocycles. The van der Waals surface area contributed by atoms with Crippen LogP contribution < -0.4 is 10.1 Å². The number of carbonyl (C=O) groups excluding carboxylic acids is 2. The minimum atomic E-state index is -0.144. The maximum atomic E-state index is 13.1. The molecule has 1 aliphatic heterocycles. The number of hydrogen-bond donors (Lipinski definition) is 1. The van der Waals surface area contributed by atoms with Crippen LogP contribution in [-0.4, -0.2) is 30.4 Å². The number of methoxy groups -OCH3 is 1. The van der Waals surface area contributed by atoms with Gasteiger partial charge in [0.25, 0.3) is 5.91 Å². The summed E-state index contributed by atoms with van der Waals surface area (Å²) in [7, 11) is 1.64. The van der Waals surface area contributed by atoms with Crippen LogP contribution in [0.5, 0.6) is 5.75 Å². The molecule has 1 atom stereocenters. The van der Waals surface area contributed by atoms with Gasteiger partial charge in [0.05, 0.1) is 13.2 Å². The number of ether oxygens (including phenoxy) is 1. The highest BCUT2D eigenvalue weighted by Crippen LogP contribution is 2.34. The fraction of sp³-hybridized carbons (Fsp3) is 0.333. The van der Waals surface area contributed by atoms with Gasteiger partial charge in [0.2, 0.25) is 5.91 Å². The van der Waals surface area contributed by atoms with Crippen LogP contribution in [-0.2, 0) is 4.79 Å². The van der Waals surface area contributed by atoms with Crippen molar-refractivity contribution in [3.8, 4) is 5.75 Å². The molecule has 0 radical (unpaired) electrons. The Morgan fingerprint density at radius 2 is 1.88 bits per heavy atom. The van der Waals surface area contributed by atoms with E-state index in [9.17, 15) is 9.59 Å². The van der Waals surface area contributed by atoms with E-state index in [0.29, 0.717) is 11.3 Å². The molecule has 5 heteroatoms. The lowest BCUT2D eigenvalue weighted by Crippen LogP contribution is -2.30. The van der Waals surface area contributed by atoms with Gasteiger partial charge in [0.15, 0.2) is 0 Å². The Morgan fingerprint density at radius 3 is 2.54 bits per heavy atom. The lowest BCUT2D eigenvalue weighted by molar-refractivity contribution is -0.114. The highest BCUT2D eigenvalue weighted by atomic mass is 16.5. The third-order valence-corrected chi connectivity index (χ3v) is 4.81. The number of anilines is 1. The Kier molecular flexibility index (Phi) is 5.26. The second kappa shape index (κ2) is 7.60. The number of aryl methyl sites for hydroxylation is 1. The van der Waals surface area contributed by atoms with E-state index >= 15 is 0 Å². The summed E-state index contributed by atoms with van der Waals surface area (Å²) in [5.74, 6) is 0.660. The number of benzene rings is 2. The Labute approximate surface area is 154 Å². The number of amides is 2. The molecule has 1 fully saturated rings. The van der Waals surface area contributed by atoms with Gasteiger partial charge in [-0.3, -0.25) is 9.59 Å². The monoisotopic (exact) mass is 352 g/mol. The number of likely N-dealkylation sites (tertiary alicyclic amines) is 1. The number of nitrogens with one attached hydrogen (secondary N) is 1. The summed E-state index contributed by atoms with van der Waals surface area (Å²) in [5.41, 5.74) is 3.33. The van der Waals surface area contributed by atoms with Gasteiger partial charge in [-0.2, -0.15) is 0 Å². The summed E-state index contributed by atoms with van der Waals surface area (Å²) in [6.45, 7) is 4.11. The van der Waals surface area contributed by atoms with Crippen LogP contribution >= 0.6 is 0 Å². The van der Waals surface area contributed by atoms with Crippen molar-refractivity contribution in [3.05, 3.63) is 59.2 Å². The van der Waals surface area contributed by atoms with E-state index in [1.165, 1.54) is 6.92 Å². The molecule has 2 aromatic rings. The molecule has 0 bridgehead atoms. The molecule has 0 aromatic heterocycles. The van der Waals surface area contributed by atoms with Gasteiger partial charge in [-0.25, -0.2) is 0 Å². The maximum Gasteiger partial charge on any atom is 0.254 e. The van der Waals surface area contributed by atoms with Crippen LogP contribution in [0.3, 0.4) is 0 Å². The predicted molar refractivity (Wildman–Crippen MR) is 101 cm³/mol. The molecule has 5 nitrogen and oxygen atoms in total. The van der Waals surface area contributed by atoms with E-state index in [1.54, 1.807) is 13.2 Å². The molecule has 2 aromatic carbocycles. The van der Waals surface area contributed by atoms with Crippen LogP contribution in [0.4, 0.5) is 5.69 Å². The zero-order chi connectivity index (χ0) is 18.7. The van der Waals surface area contributed by atoms with Gasteiger partial charge in [0.1, 0.15) is 5.75 Å². The zero-order valence-electron chi connectivity index (χ0n) is 15.4. The summed E-state index contributed by atoms with van der Waals surface area (Å²) in [6.07, 6.45) is 1.93. The second-order valence-electron chi connectivity index (χ2n) is 6.64. The molecule has 1 N–H and O–H groups in total.